The molecule has 0 amide bonds. The average molecular weight is 255 g/mol. The third-order valence-electron chi connectivity index (χ3n) is 3.22. The van der Waals surface area contributed by atoms with Crippen LogP contribution in [0, 0.1) is 0 Å². The lowest BCUT2D eigenvalue weighted by molar-refractivity contribution is 0.101. The molecule has 1 aromatic heterocycles. The van der Waals surface area contributed by atoms with E-state index in [-0.39, 0.29) is 6.04 Å². The first-order valence-corrected chi connectivity index (χ1v) is 6.59. The first-order chi connectivity index (χ1) is 8.25. The van der Waals surface area contributed by atoms with Gasteiger partial charge < -0.3 is 10.5 Å². The summed E-state index contributed by atoms with van der Waals surface area (Å²) in [4.78, 5) is 3.97. The summed E-state index contributed by atoms with van der Waals surface area (Å²) in [5.41, 5.74) is 7.20. The standard InChI is InChI=1S/C13H19ClN2O/c14-13-9-16-6-5-10(13)8-11(15)3-4-12-2-1-7-17-12/h5-6,9,11-12H,1-4,7-8,15H2. The molecule has 0 radical (unpaired) electrons. The number of nitrogens with two attached hydrogens (primary N) is 1. The Labute approximate surface area is 107 Å². The Morgan fingerprint density at radius 1 is 1.59 bits per heavy atom. The maximum atomic E-state index is 6.12. The fourth-order valence-corrected chi connectivity index (χ4v) is 2.42. The smallest absolute Gasteiger partial charge is 0.0621 e. The van der Waals surface area contributed by atoms with Crippen LogP contribution in [0.1, 0.15) is 31.2 Å². The second-order valence-electron chi connectivity index (χ2n) is 4.64. The highest BCUT2D eigenvalue weighted by Crippen LogP contribution is 2.20. The number of nitrogens with zero attached hydrogens (tertiary/aromatic N) is 1. The molecule has 1 fully saturated rings. The largest absolute Gasteiger partial charge is 0.378 e. The first-order valence-electron chi connectivity index (χ1n) is 6.21. The SMILES string of the molecule is NC(CCC1CCCO1)Cc1ccncc1Cl. The van der Waals surface area contributed by atoms with Gasteiger partial charge in [-0.1, -0.05) is 11.6 Å². The Morgan fingerprint density at radius 2 is 2.47 bits per heavy atom. The summed E-state index contributed by atoms with van der Waals surface area (Å²) in [6.07, 6.45) is 9.09. The molecule has 1 aromatic rings. The zero-order chi connectivity index (χ0) is 12.1. The van der Waals surface area contributed by atoms with Crippen molar-refractivity contribution in [2.75, 3.05) is 6.61 Å². The molecule has 0 saturated carbocycles. The van der Waals surface area contributed by atoms with Gasteiger partial charge in [-0.05, 0) is 43.7 Å². The highest BCUT2D eigenvalue weighted by molar-refractivity contribution is 6.31. The van der Waals surface area contributed by atoms with Crippen LogP contribution in [0.3, 0.4) is 0 Å². The maximum Gasteiger partial charge on any atom is 0.0621 e. The van der Waals surface area contributed by atoms with Crippen LogP contribution in [-0.4, -0.2) is 23.7 Å². The molecule has 17 heavy (non-hydrogen) atoms. The maximum absolute atomic E-state index is 6.12. The Hall–Kier alpha value is -0.640. The van der Waals surface area contributed by atoms with Crippen LogP contribution < -0.4 is 5.73 Å². The van der Waals surface area contributed by atoms with Gasteiger partial charge in [0.1, 0.15) is 0 Å². The third kappa shape index (κ3) is 3.95. The minimum atomic E-state index is 0.152. The van der Waals surface area contributed by atoms with Gasteiger partial charge in [-0.3, -0.25) is 4.98 Å². The Morgan fingerprint density at radius 3 is 3.18 bits per heavy atom. The number of halogens is 1. The van der Waals surface area contributed by atoms with Gasteiger partial charge >= 0.3 is 0 Å². The van der Waals surface area contributed by atoms with Crippen LogP contribution in [0.15, 0.2) is 18.5 Å². The van der Waals surface area contributed by atoms with E-state index in [0.29, 0.717) is 11.1 Å². The number of ether oxygens (including phenoxy) is 1. The Bertz CT molecular complexity index is 353. The third-order valence-corrected chi connectivity index (χ3v) is 3.56. The van der Waals surface area contributed by atoms with Crippen LogP contribution in [0.4, 0.5) is 0 Å². The molecule has 1 aliphatic rings. The van der Waals surface area contributed by atoms with E-state index in [1.165, 1.54) is 12.8 Å². The second-order valence-corrected chi connectivity index (χ2v) is 5.05. The molecule has 3 nitrogen and oxygen atoms in total. The molecule has 0 aliphatic carbocycles. The van der Waals surface area contributed by atoms with E-state index in [9.17, 15) is 0 Å². The number of aromatic nitrogens is 1. The minimum Gasteiger partial charge on any atom is -0.378 e. The lowest BCUT2D eigenvalue weighted by Gasteiger charge is -2.15. The van der Waals surface area contributed by atoms with Gasteiger partial charge in [-0.15, -0.1) is 0 Å². The first kappa shape index (κ1) is 12.8. The minimum absolute atomic E-state index is 0.152. The van der Waals surface area contributed by atoms with Crippen molar-refractivity contribution in [1.29, 1.82) is 0 Å². The van der Waals surface area contributed by atoms with Crippen molar-refractivity contribution in [3.63, 3.8) is 0 Å². The summed E-state index contributed by atoms with van der Waals surface area (Å²) in [5.74, 6) is 0. The quantitative estimate of drug-likeness (QED) is 0.879. The average Bonchev–Trinajstić information content (AvgIpc) is 2.82. The zero-order valence-corrected chi connectivity index (χ0v) is 10.7. The van der Waals surface area contributed by atoms with E-state index in [1.807, 2.05) is 6.07 Å². The fourth-order valence-electron chi connectivity index (χ4n) is 2.23. The topological polar surface area (TPSA) is 48.1 Å². The monoisotopic (exact) mass is 254 g/mol. The van der Waals surface area contributed by atoms with E-state index >= 15 is 0 Å². The summed E-state index contributed by atoms with van der Waals surface area (Å²) in [6.45, 7) is 0.913. The Balaban J connectivity index is 1.76. The molecule has 4 heteroatoms. The summed E-state index contributed by atoms with van der Waals surface area (Å²) in [5, 5.41) is 0.708. The summed E-state index contributed by atoms with van der Waals surface area (Å²) >= 11 is 6.05. The van der Waals surface area contributed by atoms with Crippen LogP contribution in [-0.2, 0) is 11.2 Å². The molecule has 2 N–H and O–H groups in total. The van der Waals surface area contributed by atoms with Gasteiger partial charge in [0, 0.05) is 25.0 Å². The molecule has 0 spiro atoms. The summed E-state index contributed by atoms with van der Waals surface area (Å²) < 4.78 is 5.59. The van der Waals surface area contributed by atoms with Crippen LogP contribution in [0.25, 0.3) is 0 Å². The molecule has 94 valence electrons. The second kappa shape index (κ2) is 6.34. The zero-order valence-electron chi connectivity index (χ0n) is 9.94. The van der Waals surface area contributed by atoms with Crippen molar-refractivity contribution in [2.24, 2.45) is 5.73 Å². The summed E-state index contributed by atoms with van der Waals surface area (Å²) in [6, 6.07) is 2.09. The molecule has 2 atom stereocenters. The van der Waals surface area contributed by atoms with Crippen LogP contribution in [0.2, 0.25) is 5.02 Å². The van der Waals surface area contributed by atoms with Crippen LogP contribution >= 0.6 is 11.6 Å². The molecule has 0 bridgehead atoms. The van der Waals surface area contributed by atoms with Crippen molar-refractivity contribution in [3.8, 4) is 0 Å². The molecule has 1 saturated heterocycles. The van der Waals surface area contributed by atoms with Gasteiger partial charge in [-0.2, -0.15) is 0 Å². The van der Waals surface area contributed by atoms with Gasteiger partial charge in [0.15, 0.2) is 0 Å². The molecular formula is C13H19ClN2O. The predicted molar refractivity (Wildman–Crippen MR) is 69.1 cm³/mol. The number of pyridine rings is 1. The van der Waals surface area contributed by atoms with Gasteiger partial charge in [0.2, 0.25) is 0 Å². The van der Waals surface area contributed by atoms with Crippen molar-refractivity contribution >= 4 is 11.6 Å². The number of hydrogen-bond donors (Lipinski definition) is 1. The van der Waals surface area contributed by atoms with E-state index in [2.05, 4.69) is 4.98 Å². The molecular weight excluding hydrogens is 236 g/mol. The van der Waals surface area contributed by atoms with Crippen LogP contribution in [0.5, 0.6) is 0 Å². The predicted octanol–water partition coefficient (Wildman–Crippen LogP) is 2.56. The van der Waals surface area contributed by atoms with Crippen molar-refractivity contribution in [1.82, 2.24) is 4.98 Å². The molecule has 0 aromatic carbocycles. The van der Waals surface area contributed by atoms with Crippen molar-refractivity contribution < 1.29 is 4.74 Å². The molecule has 2 unspecified atom stereocenters. The van der Waals surface area contributed by atoms with E-state index < -0.39 is 0 Å². The van der Waals surface area contributed by atoms with Crippen molar-refractivity contribution in [3.05, 3.63) is 29.0 Å². The lowest BCUT2D eigenvalue weighted by Crippen LogP contribution is -2.24. The fraction of sp³-hybridized carbons (Fsp3) is 0.615. The highest BCUT2D eigenvalue weighted by Gasteiger charge is 2.17. The highest BCUT2D eigenvalue weighted by atomic mass is 35.5. The van der Waals surface area contributed by atoms with Gasteiger partial charge in [0.05, 0.1) is 11.1 Å². The number of rotatable bonds is 5. The van der Waals surface area contributed by atoms with E-state index in [0.717, 1.165) is 31.4 Å². The van der Waals surface area contributed by atoms with E-state index in [1.54, 1.807) is 12.4 Å². The molecule has 2 rings (SSSR count). The summed E-state index contributed by atoms with van der Waals surface area (Å²) in [7, 11) is 0. The van der Waals surface area contributed by atoms with Gasteiger partial charge in [0.25, 0.3) is 0 Å². The van der Waals surface area contributed by atoms with E-state index in [4.69, 9.17) is 22.1 Å². The number of hydrogen-bond acceptors (Lipinski definition) is 3. The normalized spacial score (nSPS) is 21.6. The lowest BCUT2D eigenvalue weighted by atomic mass is 10.0. The van der Waals surface area contributed by atoms with Crippen molar-refractivity contribution in [2.45, 2.75) is 44.2 Å². The molecule has 1 aliphatic heterocycles. The van der Waals surface area contributed by atoms with Gasteiger partial charge in [-0.25, -0.2) is 0 Å². The Kier molecular flexibility index (Phi) is 4.77. The molecule has 2 heterocycles.